The standard InChI is InChI=1S/C11H18N4O2S/c1-6(2)7(3)14-10-8(9(12)16)5-13-11(15-10)18(4)17/h5-7H,1-4H3,(H2,12,16)(H,13,14,15). The summed E-state index contributed by atoms with van der Waals surface area (Å²) in [4.78, 5) is 19.2. The van der Waals surface area contributed by atoms with Crippen LogP contribution in [-0.4, -0.2) is 32.4 Å². The predicted molar refractivity (Wildman–Crippen MR) is 70.8 cm³/mol. The fourth-order valence-electron chi connectivity index (χ4n) is 1.18. The molecule has 1 aromatic rings. The van der Waals surface area contributed by atoms with Crippen LogP contribution < -0.4 is 11.1 Å². The van der Waals surface area contributed by atoms with E-state index in [9.17, 15) is 9.00 Å². The predicted octanol–water partition coefficient (Wildman–Crippen LogP) is 0.769. The van der Waals surface area contributed by atoms with Crippen LogP contribution in [0.15, 0.2) is 11.4 Å². The summed E-state index contributed by atoms with van der Waals surface area (Å²) in [7, 11) is -1.30. The molecule has 1 rings (SSSR count). The maximum Gasteiger partial charge on any atom is 0.254 e. The molecule has 3 N–H and O–H groups in total. The molecule has 100 valence electrons. The zero-order valence-electron chi connectivity index (χ0n) is 10.9. The van der Waals surface area contributed by atoms with E-state index in [4.69, 9.17) is 5.73 Å². The van der Waals surface area contributed by atoms with E-state index in [-0.39, 0.29) is 16.8 Å². The van der Waals surface area contributed by atoms with E-state index in [1.54, 1.807) is 0 Å². The highest BCUT2D eigenvalue weighted by Crippen LogP contribution is 2.16. The first-order valence-corrected chi connectivity index (χ1v) is 7.15. The second-order valence-electron chi connectivity index (χ2n) is 4.41. The average Bonchev–Trinajstić information content (AvgIpc) is 2.28. The van der Waals surface area contributed by atoms with Gasteiger partial charge in [-0.25, -0.2) is 9.97 Å². The Bertz CT molecular complexity index is 476. The first-order valence-electron chi connectivity index (χ1n) is 5.59. The minimum absolute atomic E-state index is 0.108. The van der Waals surface area contributed by atoms with Crippen LogP contribution in [0.2, 0.25) is 0 Å². The van der Waals surface area contributed by atoms with E-state index in [2.05, 4.69) is 15.3 Å². The number of rotatable bonds is 5. The number of nitrogens with one attached hydrogen (secondary N) is 1. The van der Waals surface area contributed by atoms with E-state index in [0.29, 0.717) is 11.7 Å². The lowest BCUT2D eigenvalue weighted by atomic mass is 10.1. The lowest BCUT2D eigenvalue weighted by molar-refractivity contribution is 0.1000. The van der Waals surface area contributed by atoms with Gasteiger partial charge in [0.05, 0.1) is 16.4 Å². The van der Waals surface area contributed by atoms with Gasteiger partial charge in [0.25, 0.3) is 5.91 Å². The van der Waals surface area contributed by atoms with Gasteiger partial charge in [-0.05, 0) is 12.8 Å². The number of nitrogens with two attached hydrogens (primary N) is 1. The SMILES string of the molecule is CC(C)C(C)Nc1nc(S(C)=O)ncc1C(N)=O. The Labute approximate surface area is 109 Å². The van der Waals surface area contributed by atoms with Crippen LogP contribution in [-0.2, 0) is 10.8 Å². The molecule has 0 saturated heterocycles. The molecular weight excluding hydrogens is 252 g/mol. The van der Waals surface area contributed by atoms with Crippen molar-refractivity contribution in [2.75, 3.05) is 11.6 Å². The van der Waals surface area contributed by atoms with Crippen molar-refractivity contribution in [3.8, 4) is 0 Å². The number of amides is 1. The van der Waals surface area contributed by atoms with Crippen LogP contribution in [0.3, 0.4) is 0 Å². The number of anilines is 1. The Morgan fingerprint density at radius 3 is 2.50 bits per heavy atom. The Hall–Kier alpha value is -1.50. The van der Waals surface area contributed by atoms with Gasteiger partial charge in [0.1, 0.15) is 5.82 Å². The number of nitrogens with zero attached hydrogens (tertiary/aromatic N) is 2. The first-order chi connectivity index (χ1) is 8.32. The molecule has 18 heavy (non-hydrogen) atoms. The summed E-state index contributed by atoms with van der Waals surface area (Å²) in [5.41, 5.74) is 5.46. The van der Waals surface area contributed by atoms with Gasteiger partial charge < -0.3 is 11.1 Å². The molecule has 2 unspecified atom stereocenters. The van der Waals surface area contributed by atoms with Crippen molar-refractivity contribution in [2.45, 2.75) is 32.0 Å². The van der Waals surface area contributed by atoms with E-state index in [1.165, 1.54) is 12.5 Å². The lowest BCUT2D eigenvalue weighted by Crippen LogP contribution is -2.25. The number of hydrogen-bond acceptors (Lipinski definition) is 5. The molecule has 0 saturated carbocycles. The van der Waals surface area contributed by atoms with Crippen LogP contribution >= 0.6 is 0 Å². The van der Waals surface area contributed by atoms with E-state index < -0.39 is 16.7 Å². The third-order valence-corrected chi connectivity index (χ3v) is 3.36. The number of primary amides is 1. The largest absolute Gasteiger partial charge is 0.367 e. The zero-order chi connectivity index (χ0) is 13.9. The topological polar surface area (TPSA) is 98.0 Å². The summed E-state index contributed by atoms with van der Waals surface area (Å²) in [6.45, 7) is 6.06. The van der Waals surface area contributed by atoms with Crippen LogP contribution in [0.5, 0.6) is 0 Å². The van der Waals surface area contributed by atoms with Crippen LogP contribution in [0, 0.1) is 5.92 Å². The summed E-state index contributed by atoms with van der Waals surface area (Å²) in [5.74, 6) is 0.0852. The van der Waals surface area contributed by atoms with Gasteiger partial charge in [-0.2, -0.15) is 0 Å². The number of aromatic nitrogens is 2. The molecule has 0 bridgehead atoms. The minimum atomic E-state index is -1.30. The van der Waals surface area contributed by atoms with Gasteiger partial charge in [-0.3, -0.25) is 9.00 Å². The maximum absolute atomic E-state index is 11.3. The van der Waals surface area contributed by atoms with Crippen LogP contribution in [0.1, 0.15) is 31.1 Å². The monoisotopic (exact) mass is 270 g/mol. The Morgan fingerprint density at radius 2 is 2.06 bits per heavy atom. The van der Waals surface area contributed by atoms with Crippen molar-refractivity contribution in [3.05, 3.63) is 11.8 Å². The van der Waals surface area contributed by atoms with E-state index in [1.807, 2.05) is 20.8 Å². The first kappa shape index (κ1) is 14.6. The molecule has 2 atom stereocenters. The quantitative estimate of drug-likeness (QED) is 0.770. The molecule has 1 amide bonds. The molecular formula is C11H18N4O2S. The Kier molecular flexibility index (Phi) is 4.77. The van der Waals surface area contributed by atoms with Crippen molar-refractivity contribution in [3.63, 3.8) is 0 Å². The van der Waals surface area contributed by atoms with Gasteiger partial charge in [0.2, 0.25) is 5.16 Å². The fourth-order valence-corrected chi connectivity index (χ4v) is 1.60. The molecule has 7 heteroatoms. The molecule has 0 aromatic carbocycles. The number of carbonyl (C=O) groups is 1. The summed E-state index contributed by atoms with van der Waals surface area (Å²) in [6, 6.07) is 0.108. The maximum atomic E-state index is 11.3. The molecule has 0 spiro atoms. The molecule has 1 heterocycles. The second kappa shape index (κ2) is 5.90. The summed E-state index contributed by atoms with van der Waals surface area (Å²) in [6.07, 6.45) is 2.79. The lowest BCUT2D eigenvalue weighted by Gasteiger charge is -2.19. The van der Waals surface area contributed by atoms with Crippen molar-refractivity contribution >= 4 is 22.5 Å². The van der Waals surface area contributed by atoms with Gasteiger partial charge in [-0.15, -0.1) is 0 Å². The normalized spacial score (nSPS) is 14.3. The highest BCUT2D eigenvalue weighted by Gasteiger charge is 2.16. The number of hydrogen-bond donors (Lipinski definition) is 2. The van der Waals surface area contributed by atoms with Gasteiger partial charge in [0.15, 0.2) is 0 Å². The average molecular weight is 270 g/mol. The third kappa shape index (κ3) is 3.49. The van der Waals surface area contributed by atoms with Gasteiger partial charge in [0, 0.05) is 18.5 Å². The summed E-state index contributed by atoms with van der Waals surface area (Å²) >= 11 is 0. The smallest absolute Gasteiger partial charge is 0.254 e. The second-order valence-corrected chi connectivity index (χ2v) is 5.68. The van der Waals surface area contributed by atoms with Crippen LogP contribution in [0.25, 0.3) is 0 Å². The Balaban J connectivity index is 3.15. The van der Waals surface area contributed by atoms with Crippen molar-refractivity contribution < 1.29 is 9.00 Å². The molecule has 1 aromatic heterocycles. The van der Waals surface area contributed by atoms with Crippen molar-refractivity contribution in [1.82, 2.24) is 9.97 Å². The summed E-state index contributed by atoms with van der Waals surface area (Å²) < 4.78 is 11.3. The molecule has 0 aliphatic heterocycles. The number of carbonyl (C=O) groups excluding carboxylic acids is 1. The molecule has 0 radical (unpaired) electrons. The van der Waals surface area contributed by atoms with Crippen LogP contribution in [0.4, 0.5) is 5.82 Å². The van der Waals surface area contributed by atoms with Gasteiger partial charge >= 0.3 is 0 Å². The third-order valence-electron chi connectivity index (χ3n) is 2.65. The minimum Gasteiger partial charge on any atom is -0.367 e. The Morgan fingerprint density at radius 1 is 1.44 bits per heavy atom. The zero-order valence-corrected chi connectivity index (χ0v) is 11.7. The van der Waals surface area contributed by atoms with Gasteiger partial charge in [-0.1, -0.05) is 13.8 Å². The molecule has 6 nitrogen and oxygen atoms in total. The summed E-state index contributed by atoms with van der Waals surface area (Å²) in [5, 5.41) is 3.28. The van der Waals surface area contributed by atoms with E-state index in [0.717, 1.165) is 0 Å². The van der Waals surface area contributed by atoms with Crippen molar-refractivity contribution in [1.29, 1.82) is 0 Å². The molecule has 0 aliphatic carbocycles. The molecule has 0 fully saturated rings. The highest BCUT2D eigenvalue weighted by molar-refractivity contribution is 7.84. The highest BCUT2D eigenvalue weighted by atomic mass is 32.2. The van der Waals surface area contributed by atoms with Crippen molar-refractivity contribution in [2.24, 2.45) is 11.7 Å². The van der Waals surface area contributed by atoms with E-state index >= 15 is 0 Å². The fraction of sp³-hybridized carbons (Fsp3) is 0.545. The molecule has 0 aliphatic rings.